The Morgan fingerprint density at radius 3 is 2.20 bits per heavy atom. The van der Waals surface area contributed by atoms with Crippen molar-refractivity contribution in [2.45, 2.75) is 0 Å². The maximum absolute atomic E-state index is 10.9. The molecule has 20 heavy (non-hydrogen) atoms. The zero-order valence-corrected chi connectivity index (χ0v) is 10.6. The molecule has 0 radical (unpaired) electrons. The Morgan fingerprint density at radius 1 is 0.850 bits per heavy atom. The van der Waals surface area contributed by atoms with Crippen molar-refractivity contribution < 1.29 is 9.53 Å². The fraction of sp³-hybridized carbons (Fsp3) is 0. The molecule has 1 aliphatic rings. The fourth-order valence-corrected chi connectivity index (χ4v) is 1.81. The van der Waals surface area contributed by atoms with Gasteiger partial charge >= 0.3 is 5.97 Å². The number of benzene rings is 2. The van der Waals surface area contributed by atoms with Gasteiger partial charge in [0.1, 0.15) is 0 Å². The van der Waals surface area contributed by atoms with Crippen LogP contribution >= 0.6 is 0 Å². The van der Waals surface area contributed by atoms with Gasteiger partial charge in [0.05, 0.1) is 5.69 Å². The van der Waals surface area contributed by atoms with Gasteiger partial charge < -0.3 is 10.1 Å². The number of para-hydroxylation sites is 1. The maximum Gasteiger partial charge on any atom is 0.337 e. The van der Waals surface area contributed by atoms with Crippen molar-refractivity contribution >= 4 is 28.9 Å². The molecule has 0 aromatic heterocycles. The number of rotatable bonds is 3. The number of carbonyl (C=O) groups excluding carboxylic acids is 1. The van der Waals surface area contributed by atoms with Crippen LogP contribution in [0.5, 0.6) is 0 Å². The zero-order chi connectivity index (χ0) is 13.8. The lowest BCUT2D eigenvalue weighted by atomic mass is 10.2. The second kappa shape index (κ2) is 5.40. The van der Waals surface area contributed by atoms with E-state index in [0.717, 1.165) is 17.1 Å². The van der Waals surface area contributed by atoms with Gasteiger partial charge in [0.25, 0.3) is 0 Å². The van der Waals surface area contributed by atoms with Gasteiger partial charge in [-0.15, -0.1) is 0 Å². The standard InChI is InChI=1S/C16H12N2O2/c19-16-11-10-15(20-16)18-14-8-6-13(7-9-14)17-12-4-2-1-3-5-12/h1-11,17H. The molecule has 98 valence electrons. The third-order valence-electron chi connectivity index (χ3n) is 2.74. The molecule has 0 saturated heterocycles. The molecule has 0 amide bonds. The Hall–Kier alpha value is -2.88. The van der Waals surface area contributed by atoms with Gasteiger partial charge in [-0.05, 0) is 36.4 Å². The summed E-state index contributed by atoms with van der Waals surface area (Å²) >= 11 is 0. The van der Waals surface area contributed by atoms with Crippen LogP contribution in [-0.2, 0) is 9.53 Å². The Balaban J connectivity index is 1.72. The van der Waals surface area contributed by atoms with Crippen molar-refractivity contribution in [3.8, 4) is 0 Å². The number of nitrogens with zero attached hydrogens (tertiary/aromatic N) is 1. The van der Waals surface area contributed by atoms with Crippen LogP contribution in [0.1, 0.15) is 0 Å². The van der Waals surface area contributed by atoms with Gasteiger partial charge in [-0.25, -0.2) is 9.79 Å². The highest BCUT2D eigenvalue weighted by Crippen LogP contribution is 2.21. The third kappa shape index (κ3) is 2.92. The summed E-state index contributed by atoms with van der Waals surface area (Å²) in [6.45, 7) is 0. The molecule has 0 fully saturated rings. The molecule has 0 saturated carbocycles. The summed E-state index contributed by atoms with van der Waals surface area (Å²) in [4.78, 5) is 15.1. The van der Waals surface area contributed by atoms with E-state index >= 15 is 0 Å². The molecule has 4 nitrogen and oxygen atoms in total. The van der Waals surface area contributed by atoms with Gasteiger partial charge in [0.15, 0.2) is 0 Å². The first-order valence-corrected chi connectivity index (χ1v) is 6.20. The van der Waals surface area contributed by atoms with Crippen molar-refractivity contribution in [2.75, 3.05) is 5.32 Å². The minimum atomic E-state index is -0.383. The van der Waals surface area contributed by atoms with Crippen LogP contribution in [0.3, 0.4) is 0 Å². The topological polar surface area (TPSA) is 50.7 Å². The van der Waals surface area contributed by atoms with E-state index in [-0.39, 0.29) is 5.97 Å². The van der Waals surface area contributed by atoms with E-state index < -0.39 is 0 Å². The van der Waals surface area contributed by atoms with Crippen LogP contribution < -0.4 is 5.32 Å². The summed E-state index contributed by atoms with van der Waals surface area (Å²) < 4.78 is 4.88. The van der Waals surface area contributed by atoms with Gasteiger partial charge in [-0.1, -0.05) is 18.2 Å². The molecule has 1 N–H and O–H groups in total. The fourth-order valence-electron chi connectivity index (χ4n) is 1.81. The highest BCUT2D eigenvalue weighted by Gasteiger charge is 2.10. The molecule has 0 bridgehead atoms. The lowest BCUT2D eigenvalue weighted by Gasteiger charge is -2.06. The number of nitrogens with one attached hydrogen (secondary N) is 1. The molecule has 0 unspecified atom stereocenters. The molecule has 2 aromatic carbocycles. The van der Waals surface area contributed by atoms with E-state index in [4.69, 9.17) is 4.74 Å². The van der Waals surface area contributed by atoms with Crippen LogP contribution in [0, 0.1) is 0 Å². The molecule has 1 heterocycles. The summed E-state index contributed by atoms with van der Waals surface area (Å²) in [6, 6.07) is 17.5. The second-order valence-corrected chi connectivity index (χ2v) is 4.24. The molecule has 0 atom stereocenters. The van der Waals surface area contributed by atoms with Crippen molar-refractivity contribution in [3.63, 3.8) is 0 Å². The van der Waals surface area contributed by atoms with Crippen LogP contribution in [-0.4, -0.2) is 11.9 Å². The average molecular weight is 264 g/mol. The van der Waals surface area contributed by atoms with E-state index in [2.05, 4.69) is 10.3 Å². The lowest BCUT2D eigenvalue weighted by molar-refractivity contribution is -0.129. The van der Waals surface area contributed by atoms with E-state index in [1.165, 1.54) is 6.08 Å². The number of hydrogen-bond donors (Lipinski definition) is 1. The number of esters is 1. The van der Waals surface area contributed by atoms with Crippen LogP contribution in [0.25, 0.3) is 0 Å². The molecular weight excluding hydrogens is 252 g/mol. The molecule has 0 aliphatic carbocycles. The Bertz CT molecular complexity index is 673. The summed E-state index contributed by atoms with van der Waals surface area (Å²) in [5.41, 5.74) is 2.73. The smallest absolute Gasteiger partial charge is 0.337 e. The van der Waals surface area contributed by atoms with E-state index in [1.54, 1.807) is 6.08 Å². The first-order valence-electron chi connectivity index (χ1n) is 6.20. The summed E-state index contributed by atoms with van der Waals surface area (Å²) in [7, 11) is 0. The number of cyclic esters (lactones) is 1. The monoisotopic (exact) mass is 264 g/mol. The summed E-state index contributed by atoms with van der Waals surface area (Å²) in [5.74, 6) is -0.0649. The van der Waals surface area contributed by atoms with E-state index in [9.17, 15) is 4.79 Å². The van der Waals surface area contributed by atoms with Gasteiger partial charge in [-0.3, -0.25) is 0 Å². The van der Waals surface area contributed by atoms with Gasteiger partial charge in [0, 0.05) is 23.5 Å². The van der Waals surface area contributed by atoms with Gasteiger partial charge in [0.2, 0.25) is 5.90 Å². The minimum Gasteiger partial charge on any atom is -0.404 e. The Morgan fingerprint density at radius 2 is 1.55 bits per heavy atom. The zero-order valence-electron chi connectivity index (χ0n) is 10.6. The Kier molecular flexibility index (Phi) is 3.29. The van der Waals surface area contributed by atoms with Crippen LogP contribution in [0.2, 0.25) is 0 Å². The normalized spacial score (nSPS) is 15.4. The van der Waals surface area contributed by atoms with Crippen LogP contribution in [0.15, 0.2) is 71.7 Å². The summed E-state index contributed by atoms with van der Waals surface area (Å²) in [6.07, 6.45) is 2.91. The highest BCUT2D eigenvalue weighted by atomic mass is 16.5. The number of carbonyl (C=O) groups is 1. The van der Waals surface area contributed by atoms with Gasteiger partial charge in [-0.2, -0.15) is 0 Å². The van der Waals surface area contributed by atoms with Crippen LogP contribution in [0.4, 0.5) is 17.1 Å². The first-order chi connectivity index (χ1) is 9.79. The molecule has 1 aliphatic heterocycles. The maximum atomic E-state index is 10.9. The van der Waals surface area contributed by atoms with Crippen molar-refractivity contribution in [1.82, 2.24) is 0 Å². The Labute approximate surface area is 116 Å². The molecule has 2 aromatic rings. The minimum absolute atomic E-state index is 0.318. The predicted molar refractivity (Wildman–Crippen MR) is 78.5 cm³/mol. The third-order valence-corrected chi connectivity index (χ3v) is 2.74. The van der Waals surface area contributed by atoms with Crippen molar-refractivity contribution in [2.24, 2.45) is 4.99 Å². The number of ether oxygens (including phenoxy) is 1. The average Bonchev–Trinajstić information content (AvgIpc) is 2.88. The van der Waals surface area contributed by atoms with E-state index in [0.29, 0.717) is 5.90 Å². The predicted octanol–water partition coefficient (Wildman–Crippen LogP) is 3.57. The summed E-state index contributed by atoms with van der Waals surface area (Å²) in [5, 5.41) is 3.28. The molecule has 4 heteroatoms. The van der Waals surface area contributed by atoms with E-state index in [1.807, 2.05) is 54.6 Å². The van der Waals surface area contributed by atoms with Crippen molar-refractivity contribution in [3.05, 3.63) is 66.7 Å². The highest BCUT2D eigenvalue weighted by molar-refractivity contribution is 6.08. The number of anilines is 2. The molecule has 3 rings (SSSR count). The second-order valence-electron chi connectivity index (χ2n) is 4.24. The lowest BCUT2D eigenvalue weighted by Crippen LogP contribution is -1.98. The number of aliphatic imine (C=N–C) groups is 1. The largest absolute Gasteiger partial charge is 0.404 e. The molecular formula is C16H12N2O2. The SMILES string of the molecule is O=C1C=CC(=Nc2ccc(Nc3ccccc3)cc2)O1. The van der Waals surface area contributed by atoms with Crippen molar-refractivity contribution in [1.29, 1.82) is 0 Å². The quantitative estimate of drug-likeness (QED) is 0.862. The first kappa shape index (κ1) is 12.2. The number of hydrogen-bond acceptors (Lipinski definition) is 4. The molecule has 0 spiro atoms.